The van der Waals surface area contributed by atoms with E-state index in [9.17, 15) is 9.59 Å². The summed E-state index contributed by atoms with van der Waals surface area (Å²) in [6.07, 6.45) is 10.7. The van der Waals surface area contributed by atoms with Crippen molar-refractivity contribution in [1.29, 1.82) is 0 Å². The summed E-state index contributed by atoms with van der Waals surface area (Å²) in [7, 11) is 4.34. The van der Waals surface area contributed by atoms with Gasteiger partial charge in [0.2, 0.25) is 5.91 Å². The normalized spacial score (nSPS) is 26.5. The number of hydrogen-bond donors (Lipinski definition) is 1. The predicted octanol–water partition coefficient (Wildman–Crippen LogP) is 4.03. The number of hydrogen-bond acceptors (Lipinski definition) is 5. The Morgan fingerprint density at radius 3 is 2.33 bits per heavy atom. The number of anilines is 1. The van der Waals surface area contributed by atoms with Gasteiger partial charge in [0.05, 0.1) is 23.6 Å². The molecule has 1 aliphatic heterocycles. The Morgan fingerprint density at radius 2 is 1.75 bits per heavy atom. The SMILES string of the molecule is Cc1ncc(NC(=O)CN2C[C@]3(CC[C@@](c4ccccc4)(N(C)C)CC3)N(CC3CCC3)C2=O)cn1. The van der Waals surface area contributed by atoms with Crippen molar-refractivity contribution in [3.8, 4) is 0 Å². The van der Waals surface area contributed by atoms with Gasteiger partial charge in [-0.3, -0.25) is 9.69 Å². The van der Waals surface area contributed by atoms with E-state index in [-0.39, 0.29) is 29.6 Å². The van der Waals surface area contributed by atoms with Crippen molar-refractivity contribution >= 4 is 17.6 Å². The molecule has 0 atom stereocenters. The number of amides is 3. The van der Waals surface area contributed by atoms with Gasteiger partial charge in [-0.25, -0.2) is 14.8 Å². The minimum Gasteiger partial charge on any atom is -0.322 e. The summed E-state index contributed by atoms with van der Waals surface area (Å²) >= 11 is 0. The van der Waals surface area contributed by atoms with E-state index < -0.39 is 0 Å². The highest BCUT2D eigenvalue weighted by Crippen LogP contribution is 2.49. The molecule has 1 aromatic heterocycles. The molecule has 3 amide bonds. The van der Waals surface area contributed by atoms with Crippen molar-refractivity contribution in [2.75, 3.05) is 39.0 Å². The van der Waals surface area contributed by atoms with Crippen molar-refractivity contribution < 1.29 is 9.59 Å². The second-order valence-electron chi connectivity index (χ2n) is 11.1. The molecule has 0 unspecified atom stereocenters. The van der Waals surface area contributed by atoms with Crippen molar-refractivity contribution in [3.63, 3.8) is 0 Å². The quantitative estimate of drug-likeness (QED) is 0.634. The maximum Gasteiger partial charge on any atom is 0.321 e. The lowest BCUT2D eigenvalue weighted by Gasteiger charge is -2.51. The van der Waals surface area contributed by atoms with Crippen LogP contribution in [0.2, 0.25) is 0 Å². The lowest BCUT2D eigenvalue weighted by atomic mass is 9.68. The molecule has 2 saturated carbocycles. The molecule has 2 aromatic rings. The van der Waals surface area contributed by atoms with E-state index in [1.54, 1.807) is 24.2 Å². The van der Waals surface area contributed by atoms with Gasteiger partial charge < -0.3 is 15.1 Å². The van der Waals surface area contributed by atoms with Gasteiger partial charge in [0, 0.05) is 18.6 Å². The highest BCUT2D eigenvalue weighted by molar-refractivity contribution is 5.94. The number of aromatic nitrogens is 2. The van der Waals surface area contributed by atoms with Crippen LogP contribution in [0.4, 0.5) is 10.5 Å². The van der Waals surface area contributed by atoms with Crippen LogP contribution in [0.3, 0.4) is 0 Å². The van der Waals surface area contributed by atoms with Gasteiger partial charge in [0.1, 0.15) is 12.4 Å². The van der Waals surface area contributed by atoms with E-state index in [4.69, 9.17) is 0 Å². The Hall–Kier alpha value is -3.00. The smallest absolute Gasteiger partial charge is 0.321 e. The van der Waals surface area contributed by atoms with Crippen LogP contribution in [0.1, 0.15) is 56.3 Å². The molecule has 0 radical (unpaired) electrons. The molecule has 2 heterocycles. The first kappa shape index (κ1) is 24.7. The largest absolute Gasteiger partial charge is 0.322 e. The van der Waals surface area contributed by atoms with E-state index in [1.165, 1.54) is 24.8 Å². The summed E-state index contributed by atoms with van der Waals surface area (Å²) in [4.78, 5) is 41.1. The van der Waals surface area contributed by atoms with Crippen LogP contribution >= 0.6 is 0 Å². The zero-order valence-corrected chi connectivity index (χ0v) is 21.7. The summed E-state index contributed by atoms with van der Waals surface area (Å²) in [5.41, 5.74) is 1.65. The Balaban J connectivity index is 1.33. The Labute approximate surface area is 214 Å². The standard InChI is InChI=1S/C28H38N6O2/c1-21-29-16-24(17-30-21)31-25(35)19-33-20-27(34(26(33)36)18-22-8-7-9-22)12-14-28(15-13-27,32(2)3)23-10-5-4-6-11-23/h4-6,10-11,16-17,22H,7-9,12-15,18-20H2,1-3H3,(H,31,35)/t27-,28-. The van der Waals surface area contributed by atoms with E-state index in [0.29, 0.717) is 24.0 Å². The van der Waals surface area contributed by atoms with Crippen LogP contribution < -0.4 is 5.32 Å². The summed E-state index contributed by atoms with van der Waals surface area (Å²) in [6.45, 7) is 3.27. The second kappa shape index (κ2) is 9.81. The van der Waals surface area contributed by atoms with Crippen LogP contribution in [0.25, 0.3) is 0 Å². The fourth-order valence-corrected chi connectivity index (χ4v) is 6.34. The maximum absolute atomic E-state index is 13.7. The first-order valence-electron chi connectivity index (χ1n) is 13.2. The third-order valence-corrected chi connectivity index (χ3v) is 8.80. The van der Waals surface area contributed by atoms with Crippen molar-refractivity contribution in [2.24, 2.45) is 5.92 Å². The number of benzene rings is 1. The van der Waals surface area contributed by atoms with Gasteiger partial charge in [-0.2, -0.15) is 0 Å². The molecule has 1 aromatic carbocycles. The highest BCUT2D eigenvalue weighted by atomic mass is 16.2. The first-order chi connectivity index (χ1) is 17.3. The summed E-state index contributed by atoms with van der Waals surface area (Å²) < 4.78 is 0. The molecule has 5 rings (SSSR count). The molecule has 1 saturated heterocycles. The monoisotopic (exact) mass is 490 g/mol. The number of rotatable bonds is 7. The fraction of sp³-hybridized carbons (Fsp3) is 0.571. The zero-order chi connectivity index (χ0) is 25.3. The van der Waals surface area contributed by atoms with Crippen molar-refractivity contribution in [1.82, 2.24) is 24.7 Å². The average molecular weight is 491 g/mol. The molecule has 3 fully saturated rings. The molecule has 3 aliphatic rings. The van der Waals surface area contributed by atoms with Crippen LogP contribution in [0.5, 0.6) is 0 Å². The Morgan fingerprint density at radius 1 is 1.08 bits per heavy atom. The third-order valence-electron chi connectivity index (χ3n) is 8.80. The molecule has 1 N–H and O–H groups in total. The maximum atomic E-state index is 13.7. The number of urea groups is 1. The highest BCUT2D eigenvalue weighted by Gasteiger charge is 2.55. The first-order valence-corrected chi connectivity index (χ1v) is 13.2. The van der Waals surface area contributed by atoms with E-state index in [2.05, 4.69) is 69.5 Å². The summed E-state index contributed by atoms with van der Waals surface area (Å²) in [6, 6.07) is 10.8. The van der Waals surface area contributed by atoms with Gasteiger partial charge in [-0.1, -0.05) is 36.8 Å². The fourth-order valence-electron chi connectivity index (χ4n) is 6.34. The Bertz CT molecular complexity index is 1070. The van der Waals surface area contributed by atoms with Crippen molar-refractivity contribution in [3.05, 3.63) is 54.1 Å². The number of nitrogens with one attached hydrogen (secondary N) is 1. The van der Waals surface area contributed by atoms with Gasteiger partial charge in [-0.05, 0) is 71.0 Å². The van der Waals surface area contributed by atoms with Crippen LogP contribution in [0, 0.1) is 12.8 Å². The molecular formula is C28H38N6O2. The van der Waals surface area contributed by atoms with Crippen molar-refractivity contribution in [2.45, 2.75) is 62.9 Å². The predicted molar refractivity (Wildman–Crippen MR) is 139 cm³/mol. The third kappa shape index (κ3) is 4.59. The lowest BCUT2D eigenvalue weighted by molar-refractivity contribution is -0.116. The summed E-state index contributed by atoms with van der Waals surface area (Å²) in [5, 5.41) is 2.85. The number of carbonyl (C=O) groups excluding carboxylic acids is 2. The van der Waals surface area contributed by atoms with Gasteiger partial charge >= 0.3 is 6.03 Å². The van der Waals surface area contributed by atoms with Gasteiger partial charge in [-0.15, -0.1) is 0 Å². The minimum absolute atomic E-state index is 0.00858. The Kier molecular flexibility index (Phi) is 6.72. The van der Waals surface area contributed by atoms with E-state index in [1.807, 2.05) is 0 Å². The zero-order valence-electron chi connectivity index (χ0n) is 21.7. The minimum atomic E-state index is -0.214. The number of aryl methyl sites for hydroxylation is 1. The number of nitrogens with zero attached hydrogens (tertiary/aromatic N) is 5. The summed E-state index contributed by atoms with van der Waals surface area (Å²) in [5.74, 6) is 1.02. The molecule has 192 valence electrons. The van der Waals surface area contributed by atoms with Gasteiger partial charge in [0.15, 0.2) is 0 Å². The molecule has 8 heteroatoms. The lowest BCUT2D eigenvalue weighted by Crippen LogP contribution is -2.56. The molecule has 0 bridgehead atoms. The van der Waals surface area contributed by atoms with Crippen LogP contribution in [-0.2, 0) is 10.3 Å². The number of carbonyl (C=O) groups is 2. The average Bonchev–Trinajstić information content (AvgIpc) is 3.08. The van der Waals surface area contributed by atoms with E-state index >= 15 is 0 Å². The topological polar surface area (TPSA) is 81.7 Å². The van der Waals surface area contributed by atoms with Gasteiger partial charge in [0.25, 0.3) is 0 Å². The molecular weight excluding hydrogens is 452 g/mol. The van der Waals surface area contributed by atoms with Crippen LogP contribution in [0.15, 0.2) is 42.7 Å². The van der Waals surface area contributed by atoms with Crippen LogP contribution in [-0.4, -0.2) is 75.9 Å². The molecule has 8 nitrogen and oxygen atoms in total. The molecule has 2 aliphatic carbocycles. The molecule has 1 spiro atoms. The molecule has 36 heavy (non-hydrogen) atoms. The second-order valence-corrected chi connectivity index (χ2v) is 11.1. The van der Waals surface area contributed by atoms with E-state index in [0.717, 1.165) is 32.2 Å².